The lowest BCUT2D eigenvalue weighted by atomic mass is 10.2. The molecule has 0 spiro atoms. The third-order valence-electron chi connectivity index (χ3n) is 2.69. The molecule has 0 aliphatic rings. The number of hydrogen-bond acceptors (Lipinski definition) is 3. The molecule has 0 amide bonds. The van der Waals surface area contributed by atoms with Gasteiger partial charge in [-0.05, 0) is 18.2 Å². The van der Waals surface area contributed by atoms with E-state index in [1.165, 1.54) is 12.1 Å². The van der Waals surface area contributed by atoms with E-state index < -0.39 is 15.1 Å². The van der Waals surface area contributed by atoms with Crippen LogP contribution in [0.2, 0.25) is 5.02 Å². The number of sulfone groups is 1. The van der Waals surface area contributed by atoms with Gasteiger partial charge in [0.1, 0.15) is 0 Å². The highest BCUT2D eigenvalue weighted by Gasteiger charge is 2.30. The summed E-state index contributed by atoms with van der Waals surface area (Å²) in [5, 5.41) is 8.18. The van der Waals surface area contributed by atoms with Crippen LogP contribution < -0.4 is 0 Å². The summed E-state index contributed by atoms with van der Waals surface area (Å²) >= 11 is 5.98. The fraction of sp³-hybridized carbons (Fsp3) is 0.0714. The lowest BCUT2D eigenvalue weighted by molar-refractivity contribution is 0.591. The highest BCUT2D eigenvalue weighted by molar-refractivity contribution is 7.92. The zero-order valence-corrected chi connectivity index (χ0v) is 11.4. The largest absolute Gasteiger partial charge is 0.222 e. The molecule has 1 unspecified atom stereocenters. The monoisotopic (exact) mass is 291 g/mol. The van der Waals surface area contributed by atoms with Gasteiger partial charge in [-0.1, -0.05) is 48.0 Å². The Bertz CT molecular complexity index is 721. The van der Waals surface area contributed by atoms with Gasteiger partial charge in [0, 0.05) is 10.6 Å². The Balaban J connectivity index is 2.56. The number of nitriles is 1. The van der Waals surface area contributed by atoms with Crippen LogP contribution in [-0.4, -0.2) is 8.42 Å². The van der Waals surface area contributed by atoms with E-state index in [2.05, 4.69) is 0 Å². The first-order chi connectivity index (χ1) is 9.07. The second kappa shape index (κ2) is 5.43. The van der Waals surface area contributed by atoms with Gasteiger partial charge < -0.3 is 0 Å². The molecule has 1 atom stereocenters. The Morgan fingerprint density at radius 3 is 2.16 bits per heavy atom. The van der Waals surface area contributed by atoms with Gasteiger partial charge >= 0.3 is 0 Å². The summed E-state index contributed by atoms with van der Waals surface area (Å²) in [7, 11) is -3.77. The van der Waals surface area contributed by atoms with Crippen LogP contribution in [0.4, 0.5) is 0 Å². The summed E-state index contributed by atoms with van der Waals surface area (Å²) in [4.78, 5) is 0.112. The van der Waals surface area contributed by atoms with E-state index >= 15 is 0 Å². The van der Waals surface area contributed by atoms with Crippen LogP contribution in [0.5, 0.6) is 0 Å². The first kappa shape index (κ1) is 13.6. The van der Waals surface area contributed by atoms with Crippen molar-refractivity contribution in [2.45, 2.75) is 10.1 Å². The Morgan fingerprint density at radius 1 is 1.00 bits per heavy atom. The topological polar surface area (TPSA) is 57.9 Å². The zero-order chi connectivity index (χ0) is 13.9. The molecule has 96 valence electrons. The molecule has 0 radical (unpaired) electrons. The van der Waals surface area contributed by atoms with E-state index in [4.69, 9.17) is 11.6 Å². The summed E-state index contributed by atoms with van der Waals surface area (Å²) in [5.74, 6) is 0. The Hall–Kier alpha value is -1.83. The molecule has 3 nitrogen and oxygen atoms in total. The average molecular weight is 292 g/mol. The standard InChI is InChI=1S/C14H10ClNO2S/c15-13-9-5-4-8-12(13)14(10-16)19(17,18)11-6-2-1-3-7-11/h1-9,14H. The van der Waals surface area contributed by atoms with Crippen molar-refractivity contribution in [1.82, 2.24) is 0 Å². The molecule has 0 heterocycles. The van der Waals surface area contributed by atoms with Gasteiger partial charge in [-0.15, -0.1) is 0 Å². The quantitative estimate of drug-likeness (QED) is 0.871. The summed E-state index contributed by atoms with van der Waals surface area (Å²) in [6, 6.07) is 16.2. The number of nitrogens with zero attached hydrogens (tertiary/aromatic N) is 1. The van der Waals surface area contributed by atoms with Crippen LogP contribution in [-0.2, 0) is 9.84 Å². The van der Waals surface area contributed by atoms with Crippen LogP contribution in [0.1, 0.15) is 10.8 Å². The fourth-order valence-corrected chi connectivity index (χ4v) is 3.54. The summed E-state index contributed by atoms with van der Waals surface area (Å²) in [6.45, 7) is 0. The second-order valence-electron chi connectivity index (χ2n) is 3.89. The zero-order valence-electron chi connectivity index (χ0n) is 9.82. The van der Waals surface area contributed by atoms with Crippen LogP contribution in [0.3, 0.4) is 0 Å². The minimum Gasteiger partial charge on any atom is -0.222 e. The van der Waals surface area contributed by atoms with Gasteiger partial charge in [-0.3, -0.25) is 0 Å². The molecule has 0 fully saturated rings. The van der Waals surface area contributed by atoms with E-state index in [0.717, 1.165) is 0 Å². The molecule has 2 aromatic carbocycles. The molecule has 0 aliphatic heterocycles. The molecule has 0 saturated carbocycles. The molecule has 0 aliphatic carbocycles. The molecule has 2 rings (SSSR count). The normalized spacial score (nSPS) is 12.6. The number of benzene rings is 2. The molecular weight excluding hydrogens is 282 g/mol. The van der Waals surface area contributed by atoms with E-state index in [9.17, 15) is 13.7 Å². The number of hydrogen-bond donors (Lipinski definition) is 0. The third-order valence-corrected chi connectivity index (χ3v) is 4.94. The van der Waals surface area contributed by atoms with Crippen LogP contribution in [0, 0.1) is 11.3 Å². The predicted octanol–water partition coefficient (Wildman–Crippen LogP) is 3.38. The summed E-state index contributed by atoms with van der Waals surface area (Å²) in [6.07, 6.45) is 0. The summed E-state index contributed by atoms with van der Waals surface area (Å²) in [5.41, 5.74) is 0.301. The number of rotatable bonds is 3. The van der Waals surface area contributed by atoms with E-state index in [-0.39, 0.29) is 9.92 Å². The van der Waals surface area contributed by atoms with Crippen molar-refractivity contribution in [2.75, 3.05) is 0 Å². The van der Waals surface area contributed by atoms with Crippen molar-refractivity contribution in [1.29, 1.82) is 5.26 Å². The van der Waals surface area contributed by atoms with E-state index in [0.29, 0.717) is 5.56 Å². The van der Waals surface area contributed by atoms with Crippen molar-refractivity contribution in [3.63, 3.8) is 0 Å². The fourth-order valence-electron chi connectivity index (χ4n) is 1.74. The lowest BCUT2D eigenvalue weighted by Crippen LogP contribution is -2.12. The van der Waals surface area contributed by atoms with Crippen LogP contribution in [0.15, 0.2) is 59.5 Å². The summed E-state index contributed by atoms with van der Waals surface area (Å²) < 4.78 is 24.9. The van der Waals surface area contributed by atoms with E-state index in [1.807, 2.05) is 6.07 Å². The molecule has 0 bridgehead atoms. The first-order valence-corrected chi connectivity index (χ1v) is 7.43. The van der Waals surface area contributed by atoms with Gasteiger partial charge in [-0.2, -0.15) is 5.26 Å². The molecule has 5 heteroatoms. The van der Waals surface area contributed by atoms with E-state index in [1.54, 1.807) is 42.5 Å². The Morgan fingerprint density at radius 2 is 1.58 bits per heavy atom. The van der Waals surface area contributed by atoms with Crippen molar-refractivity contribution >= 4 is 21.4 Å². The molecule has 19 heavy (non-hydrogen) atoms. The van der Waals surface area contributed by atoms with Gasteiger partial charge in [0.05, 0.1) is 11.0 Å². The molecule has 0 saturated heterocycles. The van der Waals surface area contributed by atoms with Crippen molar-refractivity contribution < 1.29 is 8.42 Å². The van der Waals surface area contributed by atoms with Gasteiger partial charge in [-0.25, -0.2) is 8.42 Å². The smallest absolute Gasteiger partial charge is 0.198 e. The minimum atomic E-state index is -3.77. The van der Waals surface area contributed by atoms with Crippen LogP contribution >= 0.6 is 11.6 Å². The predicted molar refractivity (Wildman–Crippen MR) is 73.4 cm³/mol. The molecule has 2 aromatic rings. The molecular formula is C14H10ClNO2S. The highest BCUT2D eigenvalue weighted by atomic mass is 35.5. The van der Waals surface area contributed by atoms with Crippen LogP contribution in [0.25, 0.3) is 0 Å². The van der Waals surface area contributed by atoms with Gasteiger partial charge in [0.25, 0.3) is 0 Å². The SMILES string of the molecule is N#CC(c1ccccc1Cl)S(=O)(=O)c1ccccc1. The first-order valence-electron chi connectivity index (χ1n) is 5.50. The maximum absolute atomic E-state index is 12.4. The van der Waals surface area contributed by atoms with Crippen molar-refractivity contribution in [3.05, 3.63) is 65.2 Å². The molecule has 0 aromatic heterocycles. The molecule has 0 N–H and O–H groups in total. The Kier molecular flexibility index (Phi) is 3.89. The van der Waals surface area contributed by atoms with Crippen molar-refractivity contribution in [2.24, 2.45) is 0 Å². The lowest BCUT2D eigenvalue weighted by Gasteiger charge is -2.12. The van der Waals surface area contributed by atoms with Gasteiger partial charge in [0.15, 0.2) is 15.1 Å². The highest BCUT2D eigenvalue weighted by Crippen LogP contribution is 2.32. The second-order valence-corrected chi connectivity index (χ2v) is 6.33. The van der Waals surface area contributed by atoms with Crippen molar-refractivity contribution in [3.8, 4) is 6.07 Å². The average Bonchev–Trinajstić information content (AvgIpc) is 2.42. The maximum atomic E-state index is 12.4. The van der Waals surface area contributed by atoms with Gasteiger partial charge in [0.2, 0.25) is 0 Å². The minimum absolute atomic E-state index is 0.112. The number of halogens is 1. The maximum Gasteiger partial charge on any atom is 0.198 e. The Labute approximate surface area is 117 Å². The third kappa shape index (κ3) is 2.62.